The quantitative estimate of drug-likeness (QED) is 0.779. The van der Waals surface area contributed by atoms with E-state index in [-0.39, 0.29) is 11.3 Å². The van der Waals surface area contributed by atoms with Crippen LogP contribution in [0.25, 0.3) is 0 Å². The zero-order valence-corrected chi connectivity index (χ0v) is 11.6. The highest BCUT2D eigenvalue weighted by Gasteiger charge is 2.28. The number of nitrogens with two attached hydrogens (primary N) is 1. The van der Waals surface area contributed by atoms with E-state index in [0.717, 1.165) is 12.8 Å². The summed E-state index contributed by atoms with van der Waals surface area (Å²) < 4.78 is 0. The number of amides is 1. The number of nitrogens with one attached hydrogen (secondary N) is 1. The van der Waals surface area contributed by atoms with Crippen molar-refractivity contribution in [1.29, 1.82) is 0 Å². The zero-order chi connectivity index (χ0) is 12.9. The zero-order valence-electron chi connectivity index (χ0n) is 11.6. The Balaban J connectivity index is 2.43. The molecule has 0 aromatic rings. The molecule has 3 N–H and O–H groups in total. The van der Waals surface area contributed by atoms with Crippen molar-refractivity contribution >= 4 is 5.91 Å². The summed E-state index contributed by atoms with van der Waals surface area (Å²) in [5.41, 5.74) is 5.81. The van der Waals surface area contributed by atoms with Crippen molar-refractivity contribution < 1.29 is 4.79 Å². The lowest BCUT2D eigenvalue weighted by atomic mass is 9.86. The average molecular weight is 240 g/mol. The molecule has 100 valence electrons. The van der Waals surface area contributed by atoms with Crippen molar-refractivity contribution in [2.45, 2.75) is 77.8 Å². The molecule has 1 aliphatic rings. The molecule has 0 heterocycles. The second-order valence-corrected chi connectivity index (χ2v) is 6.39. The molecule has 0 spiro atoms. The Morgan fingerprint density at radius 1 is 1.12 bits per heavy atom. The molecule has 0 aromatic carbocycles. The van der Waals surface area contributed by atoms with Crippen molar-refractivity contribution in [2.75, 3.05) is 0 Å². The van der Waals surface area contributed by atoms with E-state index in [9.17, 15) is 4.79 Å². The molecular formula is C14H28N2O. The summed E-state index contributed by atoms with van der Waals surface area (Å²) in [5.74, 6) is 0.0167. The van der Waals surface area contributed by atoms with Crippen molar-refractivity contribution in [2.24, 2.45) is 11.1 Å². The van der Waals surface area contributed by atoms with Crippen molar-refractivity contribution in [3.63, 3.8) is 0 Å². The second-order valence-electron chi connectivity index (χ2n) is 6.39. The van der Waals surface area contributed by atoms with Gasteiger partial charge in [-0.05, 0) is 18.3 Å². The molecule has 17 heavy (non-hydrogen) atoms. The van der Waals surface area contributed by atoms with Crippen LogP contribution in [0, 0.1) is 5.41 Å². The van der Waals surface area contributed by atoms with Crippen LogP contribution in [-0.4, -0.2) is 18.0 Å². The second kappa shape index (κ2) is 6.39. The highest BCUT2D eigenvalue weighted by atomic mass is 16.2. The molecule has 0 bridgehead atoms. The van der Waals surface area contributed by atoms with E-state index in [1.165, 1.54) is 32.1 Å². The number of hydrogen-bond acceptors (Lipinski definition) is 2. The van der Waals surface area contributed by atoms with E-state index in [4.69, 9.17) is 5.73 Å². The van der Waals surface area contributed by atoms with Gasteiger partial charge in [0.25, 0.3) is 0 Å². The third kappa shape index (κ3) is 5.07. The highest BCUT2D eigenvalue weighted by molar-refractivity contribution is 5.82. The van der Waals surface area contributed by atoms with E-state index in [2.05, 4.69) is 5.32 Å². The van der Waals surface area contributed by atoms with E-state index in [1.807, 2.05) is 20.8 Å². The van der Waals surface area contributed by atoms with Gasteiger partial charge in [-0.15, -0.1) is 0 Å². The van der Waals surface area contributed by atoms with Gasteiger partial charge in [-0.2, -0.15) is 0 Å². The van der Waals surface area contributed by atoms with Crippen LogP contribution in [0.15, 0.2) is 0 Å². The largest absolute Gasteiger partial charge is 0.352 e. The first-order valence-electron chi connectivity index (χ1n) is 6.97. The maximum absolute atomic E-state index is 12.0. The molecular weight excluding hydrogens is 212 g/mol. The van der Waals surface area contributed by atoms with E-state index in [0.29, 0.717) is 6.04 Å². The minimum atomic E-state index is -0.409. The summed E-state index contributed by atoms with van der Waals surface area (Å²) in [4.78, 5) is 12.0. The topological polar surface area (TPSA) is 55.1 Å². The summed E-state index contributed by atoms with van der Waals surface area (Å²) in [6.07, 6.45) is 8.65. The van der Waals surface area contributed by atoms with Gasteiger partial charge in [-0.3, -0.25) is 4.79 Å². The lowest BCUT2D eigenvalue weighted by Crippen LogP contribution is -2.51. The highest BCUT2D eigenvalue weighted by Crippen LogP contribution is 2.20. The van der Waals surface area contributed by atoms with Gasteiger partial charge >= 0.3 is 0 Å². The van der Waals surface area contributed by atoms with Gasteiger partial charge in [0.15, 0.2) is 0 Å². The van der Waals surface area contributed by atoms with Gasteiger partial charge in [0, 0.05) is 6.04 Å². The molecule has 0 saturated heterocycles. The first-order chi connectivity index (χ1) is 7.91. The van der Waals surface area contributed by atoms with Crippen LogP contribution in [-0.2, 0) is 4.79 Å². The van der Waals surface area contributed by atoms with Gasteiger partial charge in [-0.1, -0.05) is 52.9 Å². The number of rotatable bonds is 2. The van der Waals surface area contributed by atoms with Crippen molar-refractivity contribution in [1.82, 2.24) is 5.32 Å². The molecule has 0 aromatic heterocycles. The van der Waals surface area contributed by atoms with Crippen LogP contribution >= 0.6 is 0 Å². The van der Waals surface area contributed by atoms with Crippen LogP contribution in [0.4, 0.5) is 0 Å². The van der Waals surface area contributed by atoms with Gasteiger partial charge in [0.1, 0.15) is 0 Å². The van der Waals surface area contributed by atoms with E-state index in [1.54, 1.807) is 0 Å². The molecule has 1 aliphatic carbocycles. The number of carbonyl (C=O) groups excluding carboxylic acids is 1. The Morgan fingerprint density at radius 3 is 2.06 bits per heavy atom. The van der Waals surface area contributed by atoms with Crippen LogP contribution < -0.4 is 11.1 Å². The number of hydrogen-bond donors (Lipinski definition) is 2. The molecule has 0 radical (unpaired) electrons. The summed E-state index contributed by atoms with van der Waals surface area (Å²) >= 11 is 0. The lowest BCUT2D eigenvalue weighted by molar-refractivity contribution is -0.125. The molecule has 0 unspecified atom stereocenters. The maximum Gasteiger partial charge on any atom is 0.237 e. The van der Waals surface area contributed by atoms with E-state index < -0.39 is 6.04 Å². The Morgan fingerprint density at radius 2 is 1.59 bits per heavy atom. The SMILES string of the molecule is CC(C)(C)[C@@H](N)C(=O)NC1CCCCCCC1. The third-order valence-electron chi connectivity index (χ3n) is 3.67. The molecule has 1 amide bonds. The summed E-state index contributed by atoms with van der Waals surface area (Å²) in [6.45, 7) is 6.03. The Kier molecular flexibility index (Phi) is 5.44. The fraction of sp³-hybridized carbons (Fsp3) is 0.929. The lowest BCUT2D eigenvalue weighted by Gasteiger charge is -2.29. The van der Waals surface area contributed by atoms with Gasteiger partial charge in [0.05, 0.1) is 6.04 Å². The fourth-order valence-electron chi connectivity index (χ4n) is 2.28. The smallest absolute Gasteiger partial charge is 0.237 e. The first-order valence-corrected chi connectivity index (χ1v) is 6.97. The van der Waals surface area contributed by atoms with Crippen LogP contribution in [0.3, 0.4) is 0 Å². The molecule has 1 fully saturated rings. The third-order valence-corrected chi connectivity index (χ3v) is 3.67. The van der Waals surface area contributed by atoms with Crippen molar-refractivity contribution in [3.8, 4) is 0 Å². The molecule has 3 heteroatoms. The first kappa shape index (κ1) is 14.5. The molecule has 0 aliphatic heterocycles. The molecule has 1 saturated carbocycles. The minimum absolute atomic E-state index is 0.0167. The van der Waals surface area contributed by atoms with Crippen LogP contribution in [0.2, 0.25) is 0 Å². The molecule has 3 nitrogen and oxygen atoms in total. The fourth-order valence-corrected chi connectivity index (χ4v) is 2.28. The number of carbonyl (C=O) groups is 1. The Bertz CT molecular complexity index is 237. The summed E-state index contributed by atoms with van der Waals surface area (Å²) in [6, 6.07) is -0.0656. The van der Waals surface area contributed by atoms with Gasteiger partial charge in [0.2, 0.25) is 5.91 Å². The van der Waals surface area contributed by atoms with Gasteiger partial charge < -0.3 is 11.1 Å². The van der Waals surface area contributed by atoms with Crippen LogP contribution in [0.5, 0.6) is 0 Å². The van der Waals surface area contributed by atoms with Crippen LogP contribution in [0.1, 0.15) is 65.7 Å². The Labute approximate surface area is 106 Å². The summed E-state index contributed by atoms with van der Waals surface area (Å²) in [5, 5.41) is 3.13. The Hall–Kier alpha value is -0.570. The molecule has 1 rings (SSSR count). The maximum atomic E-state index is 12.0. The van der Waals surface area contributed by atoms with Crippen molar-refractivity contribution in [3.05, 3.63) is 0 Å². The minimum Gasteiger partial charge on any atom is -0.352 e. The average Bonchev–Trinajstić information content (AvgIpc) is 2.19. The molecule has 1 atom stereocenters. The predicted octanol–water partition coefficient (Wildman–Crippen LogP) is 2.59. The monoisotopic (exact) mass is 240 g/mol. The summed E-state index contributed by atoms with van der Waals surface area (Å²) in [7, 11) is 0. The normalized spacial score (nSPS) is 21.4. The predicted molar refractivity (Wildman–Crippen MR) is 71.7 cm³/mol. The standard InChI is InChI=1S/C14H28N2O/c1-14(2,3)12(15)13(17)16-11-9-7-5-4-6-8-10-11/h11-12H,4-10,15H2,1-3H3,(H,16,17)/t12-/m0/s1. The van der Waals surface area contributed by atoms with Gasteiger partial charge in [-0.25, -0.2) is 0 Å². The van der Waals surface area contributed by atoms with E-state index >= 15 is 0 Å².